The van der Waals surface area contributed by atoms with E-state index in [0.717, 1.165) is 43.1 Å². The van der Waals surface area contributed by atoms with Gasteiger partial charge in [0.05, 0.1) is 11.0 Å². The molecule has 2 N–H and O–H groups in total. The average Bonchev–Trinajstić information content (AvgIpc) is 2.72. The predicted molar refractivity (Wildman–Crippen MR) is 109 cm³/mol. The predicted octanol–water partition coefficient (Wildman–Crippen LogP) is 1.79. The van der Waals surface area contributed by atoms with Gasteiger partial charge in [-0.1, -0.05) is 25.7 Å². The summed E-state index contributed by atoms with van der Waals surface area (Å²) in [6, 6.07) is 2.11. The lowest BCUT2D eigenvalue weighted by molar-refractivity contribution is 0.240. The van der Waals surface area contributed by atoms with Crippen LogP contribution in [0.4, 0.5) is 5.82 Å². The van der Waals surface area contributed by atoms with Crippen LogP contribution in [-0.2, 0) is 14.1 Å². The molecule has 0 atom stereocenters. The Balaban J connectivity index is 1.87. The molecule has 0 amide bonds. The van der Waals surface area contributed by atoms with E-state index in [9.17, 15) is 9.59 Å². The Morgan fingerprint density at radius 1 is 1.00 bits per heavy atom. The van der Waals surface area contributed by atoms with Crippen molar-refractivity contribution in [2.45, 2.75) is 75.9 Å². The van der Waals surface area contributed by atoms with Gasteiger partial charge in [0.2, 0.25) is 0 Å². The molecule has 0 aliphatic heterocycles. The quantitative estimate of drug-likeness (QED) is 0.808. The SMILES string of the molecule is Cn1c(=O)c2cc(N(C3CCCCC3)C3(N)CCCCC3)nnc2n(C)c1=O. The second-order valence-electron chi connectivity index (χ2n) is 8.47. The van der Waals surface area contributed by atoms with Crippen molar-refractivity contribution in [1.29, 1.82) is 0 Å². The first-order valence-electron chi connectivity index (χ1n) is 10.4. The first-order chi connectivity index (χ1) is 13.4. The van der Waals surface area contributed by atoms with Crippen LogP contribution in [0.25, 0.3) is 11.0 Å². The van der Waals surface area contributed by atoms with Crippen LogP contribution in [0.5, 0.6) is 0 Å². The van der Waals surface area contributed by atoms with Crippen molar-refractivity contribution in [1.82, 2.24) is 19.3 Å². The molecule has 2 fully saturated rings. The molecule has 8 heteroatoms. The van der Waals surface area contributed by atoms with Gasteiger partial charge in [0, 0.05) is 20.1 Å². The maximum Gasteiger partial charge on any atom is 0.332 e. The standard InChI is InChI=1S/C20H30N6O2/c1-24-17-15(18(27)25(2)19(24)28)13-16(22-23-17)26(14-9-5-3-6-10-14)20(21)11-7-4-8-12-20/h13-14H,3-12,21H2,1-2H3. The van der Waals surface area contributed by atoms with Crippen molar-refractivity contribution >= 4 is 16.9 Å². The Morgan fingerprint density at radius 3 is 2.32 bits per heavy atom. The lowest BCUT2D eigenvalue weighted by Gasteiger charge is -2.49. The van der Waals surface area contributed by atoms with Crippen molar-refractivity contribution in [2.75, 3.05) is 4.90 Å². The smallest absolute Gasteiger partial charge is 0.332 e. The van der Waals surface area contributed by atoms with Crippen LogP contribution in [0.1, 0.15) is 64.2 Å². The summed E-state index contributed by atoms with van der Waals surface area (Å²) in [5.41, 5.74) is 6.08. The van der Waals surface area contributed by atoms with Crippen LogP contribution < -0.4 is 21.9 Å². The molecule has 0 spiro atoms. The van der Waals surface area contributed by atoms with Crippen LogP contribution in [0, 0.1) is 0 Å². The third-order valence-corrected chi connectivity index (χ3v) is 6.57. The molecule has 0 bridgehead atoms. The first-order valence-corrected chi connectivity index (χ1v) is 10.4. The van der Waals surface area contributed by atoms with Gasteiger partial charge in [0.1, 0.15) is 0 Å². The van der Waals surface area contributed by atoms with Gasteiger partial charge >= 0.3 is 5.69 Å². The highest BCUT2D eigenvalue weighted by molar-refractivity contribution is 5.76. The van der Waals surface area contributed by atoms with E-state index < -0.39 is 11.4 Å². The van der Waals surface area contributed by atoms with Gasteiger partial charge in [0.25, 0.3) is 5.56 Å². The molecule has 0 unspecified atom stereocenters. The number of aromatic nitrogens is 4. The highest BCUT2D eigenvalue weighted by Crippen LogP contribution is 2.37. The maximum atomic E-state index is 12.7. The highest BCUT2D eigenvalue weighted by atomic mass is 16.2. The fourth-order valence-electron chi connectivity index (χ4n) is 5.00. The molecule has 0 saturated heterocycles. The van der Waals surface area contributed by atoms with Crippen LogP contribution in [0.15, 0.2) is 15.7 Å². The van der Waals surface area contributed by atoms with E-state index in [1.807, 2.05) is 0 Å². The van der Waals surface area contributed by atoms with Crippen LogP contribution in [0.2, 0.25) is 0 Å². The summed E-state index contributed by atoms with van der Waals surface area (Å²) in [5, 5.41) is 9.16. The molecule has 28 heavy (non-hydrogen) atoms. The Bertz CT molecular complexity index is 983. The summed E-state index contributed by atoms with van der Waals surface area (Å²) in [5.74, 6) is 0.666. The van der Waals surface area contributed by atoms with Gasteiger partial charge in [-0.3, -0.25) is 13.9 Å². The van der Waals surface area contributed by atoms with Crippen molar-refractivity contribution in [3.05, 3.63) is 26.9 Å². The minimum absolute atomic E-state index is 0.315. The molecule has 4 rings (SSSR count). The minimum atomic E-state index is -0.450. The monoisotopic (exact) mass is 386 g/mol. The molecule has 152 valence electrons. The van der Waals surface area contributed by atoms with E-state index in [0.29, 0.717) is 22.9 Å². The van der Waals surface area contributed by atoms with Crippen molar-refractivity contribution in [3.8, 4) is 0 Å². The van der Waals surface area contributed by atoms with Crippen LogP contribution in [-0.4, -0.2) is 31.0 Å². The zero-order chi connectivity index (χ0) is 19.9. The van der Waals surface area contributed by atoms with Gasteiger partial charge in [0.15, 0.2) is 11.5 Å². The highest BCUT2D eigenvalue weighted by Gasteiger charge is 2.39. The molecular weight excluding hydrogens is 356 g/mol. The van der Waals surface area contributed by atoms with E-state index in [2.05, 4.69) is 15.1 Å². The lowest BCUT2D eigenvalue weighted by Crippen LogP contribution is -2.61. The second-order valence-corrected chi connectivity index (χ2v) is 8.47. The number of aryl methyl sites for hydroxylation is 1. The number of anilines is 1. The van der Waals surface area contributed by atoms with E-state index in [1.54, 1.807) is 13.1 Å². The van der Waals surface area contributed by atoms with E-state index in [4.69, 9.17) is 5.73 Å². The molecular formula is C20H30N6O2. The summed E-state index contributed by atoms with van der Waals surface area (Å²) in [4.78, 5) is 27.2. The number of hydrogen-bond acceptors (Lipinski definition) is 6. The van der Waals surface area contributed by atoms with Gasteiger partial charge in [-0.15, -0.1) is 10.2 Å². The number of nitrogens with two attached hydrogens (primary N) is 1. The van der Waals surface area contributed by atoms with Gasteiger partial charge in [-0.2, -0.15) is 0 Å². The van der Waals surface area contributed by atoms with E-state index >= 15 is 0 Å². The third-order valence-electron chi connectivity index (χ3n) is 6.57. The third kappa shape index (κ3) is 3.13. The van der Waals surface area contributed by atoms with Crippen molar-refractivity contribution in [2.24, 2.45) is 19.8 Å². The molecule has 2 aromatic heterocycles. The zero-order valence-electron chi connectivity index (χ0n) is 16.9. The summed E-state index contributed by atoms with van der Waals surface area (Å²) < 4.78 is 2.49. The largest absolute Gasteiger partial charge is 0.334 e. The van der Waals surface area contributed by atoms with Gasteiger partial charge in [-0.25, -0.2) is 4.79 Å². The van der Waals surface area contributed by atoms with Crippen molar-refractivity contribution < 1.29 is 0 Å². The Hall–Kier alpha value is -2.22. The minimum Gasteiger partial charge on any atom is -0.334 e. The van der Waals surface area contributed by atoms with E-state index in [-0.39, 0.29) is 5.56 Å². The zero-order valence-corrected chi connectivity index (χ0v) is 16.9. The normalized spacial score (nSPS) is 20.4. The summed E-state index contributed by atoms with van der Waals surface area (Å²) in [6.07, 6.45) is 11.1. The molecule has 2 aliphatic carbocycles. The number of hydrogen-bond donors (Lipinski definition) is 1. The number of rotatable bonds is 3. The number of fused-ring (bicyclic) bond motifs is 1. The molecule has 2 aromatic rings. The molecule has 0 aromatic carbocycles. The van der Waals surface area contributed by atoms with Gasteiger partial charge < -0.3 is 10.6 Å². The first kappa shape index (κ1) is 19.1. The summed E-state index contributed by atoms with van der Waals surface area (Å²) >= 11 is 0. The fourth-order valence-corrected chi connectivity index (χ4v) is 5.00. The Kier molecular flexibility index (Phi) is 4.99. The molecule has 2 heterocycles. The molecule has 2 aliphatic rings. The molecule has 2 saturated carbocycles. The Labute approximate surface area is 164 Å². The molecule has 8 nitrogen and oxygen atoms in total. The molecule has 0 radical (unpaired) electrons. The topological polar surface area (TPSA) is 99.0 Å². The fraction of sp³-hybridized carbons (Fsp3) is 0.700. The number of nitrogens with zero attached hydrogens (tertiary/aromatic N) is 5. The Morgan fingerprint density at radius 2 is 1.64 bits per heavy atom. The van der Waals surface area contributed by atoms with Crippen LogP contribution in [0.3, 0.4) is 0 Å². The summed E-state index contributed by atoms with van der Waals surface area (Å²) in [6.45, 7) is 0. The van der Waals surface area contributed by atoms with E-state index in [1.165, 1.54) is 37.3 Å². The lowest BCUT2D eigenvalue weighted by atomic mass is 9.84. The average molecular weight is 387 g/mol. The van der Waals surface area contributed by atoms with Gasteiger partial charge in [-0.05, 0) is 44.6 Å². The van der Waals surface area contributed by atoms with Crippen LogP contribution >= 0.6 is 0 Å². The second kappa shape index (κ2) is 7.31. The maximum absolute atomic E-state index is 12.7. The van der Waals surface area contributed by atoms with Crippen molar-refractivity contribution in [3.63, 3.8) is 0 Å². The summed E-state index contributed by atoms with van der Waals surface area (Å²) in [7, 11) is 3.11.